The van der Waals surface area contributed by atoms with Crippen LogP contribution in [-0.4, -0.2) is 27.1 Å². The lowest BCUT2D eigenvalue weighted by Gasteiger charge is -1.99. The van der Waals surface area contributed by atoms with Gasteiger partial charge in [0, 0.05) is 12.4 Å². The highest BCUT2D eigenvalue weighted by Crippen LogP contribution is 2.19. The van der Waals surface area contributed by atoms with E-state index in [-0.39, 0.29) is 16.2 Å². The lowest BCUT2D eigenvalue weighted by Crippen LogP contribution is -2.25. The van der Waals surface area contributed by atoms with E-state index >= 15 is 0 Å². The number of aryl methyl sites for hydroxylation is 1. The van der Waals surface area contributed by atoms with Crippen LogP contribution in [0.4, 0.5) is 0 Å². The molecule has 0 unspecified atom stereocenters. The molecule has 5 nitrogen and oxygen atoms in total. The van der Waals surface area contributed by atoms with Gasteiger partial charge in [-0.3, -0.25) is 19.8 Å². The first kappa shape index (κ1) is 12.9. The Kier molecular flexibility index (Phi) is 3.68. The second kappa shape index (κ2) is 5.41. The molecule has 3 rings (SSSR count). The zero-order valence-corrected chi connectivity index (χ0v) is 10.3. The first-order valence-electron chi connectivity index (χ1n) is 5.64. The van der Waals surface area contributed by atoms with Gasteiger partial charge in [0.05, 0.1) is 11.1 Å². The maximum Gasteiger partial charge on any atom is 0.285 e. The molecule has 0 atom stereocenters. The summed E-state index contributed by atoms with van der Waals surface area (Å²) in [6, 6.07) is 10.2. The number of carbonyl (C=O) groups is 2. The molecule has 2 amide bonds. The fourth-order valence-corrected chi connectivity index (χ4v) is 1.62. The molecule has 96 valence electrons. The van der Waals surface area contributed by atoms with Gasteiger partial charge in [-0.05, 0) is 30.7 Å². The van der Waals surface area contributed by atoms with Crippen LogP contribution >= 0.6 is 0 Å². The Bertz CT molecular complexity index is 576. The third-order valence-electron chi connectivity index (χ3n) is 2.58. The molecule has 0 bridgehead atoms. The third-order valence-corrected chi connectivity index (χ3v) is 2.58. The third kappa shape index (κ3) is 2.66. The summed E-state index contributed by atoms with van der Waals surface area (Å²) in [5.41, 5.74) is 1.72. The summed E-state index contributed by atoms with van der Waals surface area (Å²) < 4.78 is 0. The van der Waals surface area contributed by atoms with Crippen LogP contribution in [0.2, 0.25) is 0 Å². The van der Waals surface area contributed by atoms with Gasteiger partial charge in [-0.2, -0.15) is 0 Å². The van der Waals surface area contributed by atoms with Crippen LogP contribution in [0.5, 0.6) is 0 Å². The molecule has 0 fully saturated rings. The van der Waals surface area contributed by atoms with Crippen LogP contribution in [0.25, 0.3) is 0 Å². The quantitative estimate of drug-likeness (QED) is 0.578. The number of pyridine rings is 1. The lowest BCUT2D eigenvalue weighted by atomic mass is 10.1. The van der Waals surface area contributed by atoms with E-state index in [0.717, 1.165) is 0 Å². The Morgan fingerprint density at radius 2 is 1.58 bits per heavy atom. The molecule has 1 N–H and O–H groups in total. The van der Waals surface area contributed by atoms with Crippen molar-refractivity contribution >= 4 is 11.8 Å². The zero-order chi connectivity index (χ0) is 13.8. The molecule has 1 aromatic carbocycles. The Hall–Kier alpha value is -2.53. The molecule has 2 aromatic rings. The fraction of sp³-hybridized carbons (Fsp3) is 0.0714. The fourth-order valence-electron chi connectivity index (χ4n) is 1.62. The Labute approximate surface area is 110 Å². The van der Waals surface area contributed by atoms with Crippen LogP contribution in [0.1, 0.15) is 26.3 Å². The molecule has 1 aliphatic heterocycles. The summed E-state index contributed by atoms with van der Waals surface area (Å²) >= 11 is 0. The predicted octanol–water partition coefficient (Wildman–Crippen LogP) is 2.06. The van der Waals surface area contributed by atoms with Gasteiger partial charge in [0.2, 0.25) is 0 Å². The number of hydrogen-bond acceptors (Lipinski definition) is 4. The number of carbonyl (C=O) groups excluding carboxylic acids is 2. The van der Waals surface area contributed by atoms with Gasteiger partial charge in [-0.15, -0.1) is 5.06 Å². The van der Waals surface area contributed by atoms with Crippen molar-refractivity contribution in [1.82, 2.24) is 10.0 Å². The number of aromatic nitrogens is 1. The maximum absolute atomic E-state index is 11.1. The minimum atomic E-state index is -0.657. The van der Waals surface area contributed by atoms with Gasteiger partial charge in [-0.25, -0.2) is 0 Å². The van der Waals surface area contributed by atoms with Crippen molar-refractivity contribution in [3.63, 3.8) is 0 Å². The molecule has 0 saturated carbocycles. The molecule has 0 radical (unpaired) electrons. The van der Waals surface area contributed by atoms with E-state index in [1.807, 2.05) is 25.3 Å². The Morgan fingerprint density at radius 3 is 1.95 bits per heavy atom. The van der Waals surface area contributed by atoms with Gasteiger partial charge in [-0.1, -0.05) is 18.2 Å². The minimum absolute atomic E-state index is 0.130. The molecule has 0 spiro atoms. The van der Waals surface area contributed by atoms with Crippen molar-refractivity contribution in [2.45, 2.75) is 6.92 Å². The SMILES string of the molecule is Cc1cccnc1.O=C1c2ccccc2C(=O)N1O. The highest BCUT2D eigenvalue weighted by Gasteiger charge is 2.33. The monoisotopic (exact) mass is 256 g/mol. The van der Waals surface area contributed by atoms with Crippen LogP contribution in [0.15, 0.2) is 48.8 Å². The van der Waals surface area contributed by atoms with Gasteiger partial charge in [0.15, 0.2) is 0 Å². The van der Waals surface area contributed by atoms with Gasteiger partial charge < -0.3 is 0 Å². The normalized spacial score (nSPS) is 12.8. The molecule has 1 aromatic heterocycles. The van der Waals surface area contributed by atoms with E-state index in [4.69, 9.17) is 5.21 Å². The molecule has 5 heteroatoms. The summed E-state index contributed by atoms with van der Waals surface area (Å²) in [6.07, 6.45) is 3.60. The molecule has 0 saturated heterocycles. The van der Waals surface area contributed by atoms with Crippen molar-refractivity contribution in [2.24, 2.45) is 0 Å². The van der Waals surface area contributed by atoms with Crippen molar-refractivity contribution in [3.8, 4) is 0 Å². The van der Waals surface area contributed by atoms with Crippen LogP contribution < -0.4 is 0 Å². The number of rotatable bonds is 0. The average Bonchev–Trinajstić information content (AvgIpc) is 2.66. The largest absolute Gasteiger partial charge is 0.285 e. The van der Waals surface area contributed by atoms with Crippen LogP contribution in [0.3, 0.4) is 0 Å². The topological polar surface area (TPSA) is 70.5 Å². The highest BCUT2D eigenvalue weighted by atomic mass is 16.5. The number of amides is 2. The molecule has 2 heterocycles. The van der Waals surface area contributed by atoms with E-state index in [1.165, 1.54) is 17.7 Å². The smallest absolute Gasteiger partial charge is 0.278 e. The number of hydroxylamine groups is 2. The predicted molar refractivity (Wildman–Crippen MR) is 67.7 cm³/mol. The van der Waals surface area contributed by atoms with Crippen molar-refractivity contribution in [1.29, 1.82) is 0 Å². The number of imide groups is 1. The highest BCUT2D eigenvalue weighted by molar-refractivity contribution is 6.20. The summed E-state index contributed by atoms with van der Waals surface area (Å²) in [5, 5.41) is 9.05. The van der Waals surface area contributed by atoms with E-state index in [0.29, 0.717) is 0 Å². The number of hydrogen-bond donors (Lipinski definition) is 1. The summed E-state index contributed by atoms with van der Waals surface area (Å²) in [7, 11) is 0. The van der Waals surface area contributed by atoms with Gasteiger partial charge in [0.1, 0.15) is 0 Å². The molecular weight excluding hydrogens is 244 g/mol. The van der Waals surface area contributed by atoms with Crippen LogP contribution in [-0.2, 0) is 0 Å². The molecule has 0 aliphatic carbocycles. The van der Waals surface area contributed by atoms with Gasteiger partial charge >= 0.3 is 0 Å². The van der Waals surface area contributed by atoms with E-state index in [1.54, 1.807) is 18.3 Å². The van der Waals surface area contributed by atoms with Gasteiger partial charge in [0.25, 0.3) is 11.8 Å². The summed E-state index contributed by atoms with van der Waals surface area (Å²) in [4.78, 5) is 26.0. The minimum Gasteiger partial charge on any atom is -0.278 e. The van der Waals surface area contributed by atoms with Crippen molar-refractivity contribution < 1.29 is 14.8 Å². The van der Waals surface area contributed by atoms with E-state index in [9.17, 15) is 9.59 Å². The number of benzene rings is 1. The summed E-state index contributed by atoms with van der Waals surface area (Å²) in [6.45, 7) is 2.02. The average molecular weight is 256 g/mol. The number of nitrogens with zero attached hydrogens (tertiary/aromatic N) is 2. The lowest BCUT2D eigenvalue weighted by molar-refractivity contribution is -0.0327. The second-order valence-electron chi connectivity index (χ2n) is 4.00. The Balaban J connectivity index is 0.000000163. The number of fused-ring (bicyclic) bond motifs is 1. The van der Waals surface area contributed by atoms with E-state index in [2.05, 4.69) is 4.98 Å². The van der Waals surface area contributed by atoms with Crippen molar-refractivity contribution in [3.05, 3.63) is 65.5 Å². The molecular formula is C14H12N2O3. The zero-order valence-electron chi connectivity index (χ0n) is 10.3. The first-order chi connectivity index (χ1) is 9.11. The Morgan fingerprint density at radius 1 is 1.00 bits per heavy atom. The van der Waals surface area contributed by atoms with E-state index < -0.39 is 11.8 Å². The summed E-state index contributed by atoms with van der Waals surface area (Å²) in [5.74, 6) is -1.31. The second-order valence-corrected chi connectivity index (χ2v) is 4.00. The first-order valence-corrected chi connectivity index (χ1v) is 5.64. The van der Waals surface area contributed by atoms with Crippen molar-refractivity contribution in [2.75, 3.05) is 0 Å². The van der Waals surface area contributed by atoms with Crippen LogP contribution in [0, 0.1) is 6.92 Å². The maximum atomic E-state index is 11.1. The molecule has 1 aliphatic rings. The molecule has 19 heavy (non-hydrogen) atoms. The standard InChI is InChI=1S/C8H5NO3.C6H7N/c10-7-5-3-1-2-4-6(5)8(11)9(7)12;1-6-3-2-4-7-5-6/h1-4,12H;2-5H,1H3.